The van der Waals surface area contributed by atoms with E-state index in [2.05, 4.69) is 0 Å². The van der Waals surface area contributed by atoms with E-state index in [0.29, 0.717) is 6.42 Å². The zero-order valence-corrected chi connectivity index (χ0v) is 5.39. The number of rotatable bonds is 4. The topological polar surface area (TPSA) is 34.1 Å². The van der Waals surface area contributed by atoms with E-state index in [-0.39, 0.29) is 12.2 Å². The Kier molecular flexibility index (Phi) is 4.69. The molecule has 0 spiro atoms. The fourth-order valence-corrected chi connectivity index (χ4v) is 0.356. The van der Waals surface area contributed by atoms with Crippen LogP contribution < -0.4 is 0 Å². The first-order chi connectivity index (χ1) is 4.31. The van der Waals surface area contributed by atoms with E-state index < -0.39 is 0 Å². The summed E-state index contributed by atoms with van der Waals surface area (Å²) in [5.41, 5.74) is 0. The first kappa shape index (κ1) is 8.08. The van der Waals surface area contributed by atoms with Crippen molar-refractivity contribution in [2.75, 3.05) is 0 Å². The summed E-state index contributed by atoms with van der Waals surface area (Å²) in [6.45, 7) is 1.78. The van der Waals surface area contributed by atoms with Crippen molar-refractivity contribution in [3.63, 3.8) is 0 Å². The van der Waals surface area contributed by atoms with Crippen molar-refractivity contribution in [3.8, 4) is 0 Å². The molecule has 0 saturated heterocycles. The minimum absolute atomic E-state index is 0.0465. The summed E-state index contributed by atoms with van der Waals surface area (Å²) in [6.07, 6.45) is 5.29. The van der Waals surface area contributed by atoms with Gasteiger partial charge < -0.3 is 0 Å². The van der Waals surface area contributed by atoms with Gasteiger partial charge in [0, 0.05) is 12.8 Å². The van der Waals surface area contributed by atoms with Gasteiger partial charge in [-0.25, -0.2) is 0 Å². The Labute approximate surface area is 54.6 Å². The summed E-state index contributed by atoms with van der Waals surface area (Å²) in [5, 5.41) is 0. The molecule has 0 aliphatic carbocycles. The van der Waals surface area contributed by atoms with E-state index >= 15 is 0 Å². The van der Waals surface area contributed by atoms with Crippen molar-refractivity contribution in [1.82, 2.24) is 0 Å². The molecule has 0 atom stereocenters. The third-order valence-corrected chi connectivity index (χ3v) is 0.853. The van der Waals surface area contributed by atoms with E-state index in [1.165, 1.54) is 12.2 Å². The minimum atomic E-state index is 0.0465. The highest BCUT2D eigenvalue weighted by molar-refractivity contribution is 5.89. The minimum Gasteiger partial charge on any atom is -0.295 e. The second-order valence-electron chi connectivity index (χ2n) is 1.57. The van der Waals surface area contributed by atoms with Crippen molar-refractivity contribution in [2.45, 2.75) is 19.8 Å². The Balaban J connectivity index is 3.43. The van der Waals surface area contributed by atoms with Crippen LogP contribution in [-0.4, -0.2) is 12.1 Å². The van der Waals surface area contributed by atoms with Crippen LogP contribution in [0.3, 0.4) is 0 Å². The number of carbonyl (C=O) groups excluding carboxylic acids is 2. The first-order valence-corrected chi connectivity index (χ1v) is 2.85. The largest absolute Gasteiger partial charge is 0.295 e. The van der Waals surface area contributed by atoms with Crippen LogP contribution in [0.1, 0.15) is 19.8 Å². The van der Waals surface area contributed by atoms with E-state index in [1.807, 2.05) is 0 Å². The fraction of sp³-hybridized carbons (Fsp3) is 0.429. The Hall–Kier alpha value is -0.920. The van der Waals surface area contributed by atoms with E-state index in [0.717, 1.165) is 0 Å². The van der Waals surface area contributed by atoms with Crippen molar-refractivity contribution in [1.29, 1.82) is 0 Å². The molecular weight excluding hydrogens is 116 g/mol. The molecule has 2 nitrogen and oxygen atoms in total. The second kappa shape index (κ2) is 5.22. The summed E-state index contributed by atoms with van der Waals surface area (Å²) < 4.78 is 0. The van der Waals surface area contributed by atoms with Crippen LogP contribution in [0.15, 0.2) is 12.2 Å². The van der Waals surface area contributed by atoms with E-state index in [9.17, 15) is 9.59 Å². The van der Waals surface area contributed by atoms with Crippen LogP contribution in [-0.2, 0) is 9.59 Å². The van der Waals surface area contributed by atoms with Gasteiger partial charge in [-0.15, -0.1) is 0 Å². The van der Waals surface area contributed by atoms with Gasteiger partial charge in [-0.3, -0.25) is 9.59 Å². The highest BCUT2D eigenvalue weighted by atomic mass is 16.1. The molecule has 0 aromatic carbocycles. The lowest BCUT2D eigenvalue weighted by atomic mass is 10.3. The molecule has 1 radical (unpaired) electrons. The van der Waals surface area contributed by atoms with Gasteiger partial charge in [0.2, 0.25) is 6.29 Å². The predicted octanol–water partition coefficient (Wildman–Crippen LogP) is 1.02. The average Bonchev–Trinajstić information content (AvgIpc) is 1.89. The summed E-state index contributed by atoms with van der Waals surface area (Å²) in [4.78, 5) is 20.1. The lowest BCUT2D eigenvalue weighted by molar-refractivity contribution is -0.114. The monoisotopic (exact) mass is 125 g/mol. The molecule has 0 unspecified atom stereocenters. The van der Waals surface area contributed by atoms with Gasteiger partial charge in [-0.1, -0.05) is 13.0 Å². The molecule has 0 N–H and O–H groups in total. The predicted molar refractivity (Wildman–Crippen MR) is 34.7 cm³/mol. The van der Waals surface area contributed by atoms with Gasteiger partial charge in [0.25, 0.3) is 0 Å². The van der Waals surface area contributed by atoms with Gasteiger partial charge in [0.15, 0.2) is 5.78 Å². The third kappa shape index (κ3) is 4.94. The third-order valence-electron chi connectivity index (χ3n) is 0.853. The Morgan fingerprint density at radius 1 is 1.67 bits per heavy atom. The van der Waals surface area contributed by atoms with Crippen LogP contribution in [0.4, 0.5) is 0 Å². The molecule has 0 aliphatic heterocycles. The molecule has 0 heterocycles. The standard InChI is InChI=1S/C7H9O2/c1-2-7(9)5-3-4-6-8/h3,5H,2,4H2,1H3. The average molecular weight is 125 g/mol. The van der Waals surface area contributed by atoms with Crippen LogP contribution in [0.25, 0.3) is 0 Å². The van der Waals surface area contributed by atoms with Gasteiger partial charge in [-0.05, 0) is 6.08 Å². The van der Waals surface area contributed by atoms with Crippen LogP contribution in [0.5, 0.6) is 0 Å². The maximum Gasteiger partial charge on any atom is 0.202 e. The van der Waals surface area contributed by atoms with Crippen LogP contribution in [0, 0.1) is 0 Å². The van der Waals surface area contributed by atoms with Gasteiger partial charge in [0.1, 0.15) is 0 Å². The van der Waals surface area contributed by atoms with Crippen molar-refractivity contribution < 1.29 is 9.59 Å². The van der Waals surface area contributed by atoms with Crippen molar-refractivity contribution in [3.05, 3.63) is 12.2 Å². The summed E-state index contributed by atoms with van der Waals surface area (Å²) in [5.74, 6) is 0.0465. The maximum absolute atomic E-state index is 10.5. The van der Waals surface area contributed by atoms with Gasteiger partial charge >= 0.3 is 0 Å². The highest BCUT2D eigenvalue weighted by Gasteiger charge is 1.86. The molecule has 2 heteroatoms. The van der Waals surface area contributed by atoms with E-state index in [4.69, 9.17) is 0 Å². The number of hydrogen-bond donors (Lipinski definition) is 0. The van der Waals surface area contributed by atoms with E-state index in [1.54, 1.807) is 13.2 Å². The Morgan fingerprint density at radius 3 is 2.78 bits per heavy atom. The molecule has 49 valence electrons. The SMILES string of the molecule is CCC(=O)C=CC[C]=O. The highest BCUT2D eigenvalue weighted by Crippen LogP contribution is 1.84. The summed E-state index contributed by atoms with van der Waals surface area (Å²) in [7, 11) is 0. The molecule has 0 aliphatic rings. The lowest BCUT2D eigenvalue weighted by Crippen LogP contribution is -1.86. The molecule has 9 heavy (non-hydrogen) atoms. The number of ketones is 1. The second-order valence-corrected chi connectivity index (χ2v) is 1.57. The molecule has 0 bridgehead atoms. The first-order valence-electron chi connectivity index (χ1n) is 2.85. The Bertz CT molecular complexity index is 125. The van der Waals surface area contributed by atoms with Crippen LogP contribution >= 0.6 is 0 Å². The summed E-state index contributed by atoms with van der Waals surface area (Å²) in [6, 6.07) is 0. The molecule has 0 rings (SSSR count). The lowest BCUT2D eigenvalue weighted by Gasteiger charge is -1.80. The zero-order valence-electron chi connectivity index (χ0n) is 5.39. The smallest absolute Gasteiger partial charge is 0.202 e. The molecule has 0 amide bonds. The Morgan fingerprint density at radius 2 is 2.33 bits per heavy atom. The molecular formula is C7H9O2. The zero-order chi connectivity index (χ0) is 7.11. The molecule has 0 fully saturated rings. The number of carbonyl (C=O) groups is 1. The maximum atomic E-state index is 10.5. The van der Waals surface area contributed by atoms with Crippen LogP contribution in [0.2, 0.25) is 0 Å². The van der Waals surface area contributed by atoms with Crippen molar-refractivity contribution in [2.24, 2.45) is 0 Å². The van der Waals surface area contributed by atoms with Crippen molar-refractivity contribution >= 4 is 12.1 Å². The number of allylic oxidation sites excluding steroid dienone is 2. The molecule has 0 saturated carbocycles. The van der Waals surface area contributed by atoms with Gasteiger partial charge in [-0.2, -0.15) is 0 Å². The molecule has 0 aromatic heterocycles. The number of hydrogen-bond acceptors (Lipinski definition) is 2. The quantitative estimate of drug-likeness (QED) is 0.526. The van der Waals surface area contributed by atoms with Gasteiger partial charge in [0.05, 0.1) is 0 Å². The fourth-order valence-electron chi connectivity index (χ4n) is 0.356. The normalized spacial score (nSPS) is 9.89. The summed E-state index contributed by atoms with van der Waals surface area (Å²) >= 11 is 0. The molecule has 0 aromatic rings.